The number of nitrogens with one attached hydrogen (secondary N) is 1. The van der Waals surface area contributed by atoms with Crippen molar-refractivity contribution in [2.45, 2.75) is 6.92 Å². The average molecular weight is 184 g/mol. The Kier molecular flexibility index (Phi) is 2.71. The molecule has 0 atom stereocenters. The number of carbonyl (C=O) groups excluding carboxylic acids is 1. The van der Waals surface area contributed by atoms with Crippen LogP contribution in [0.4, 0.5) is 5.69 Å². The van der Waals surface area contributed by atoms with Gasteiger partial charge in [-0.15, -0.1) is 0 Å². The average Bonchev–Trinajstić information content (AvgIpc) is 2.03. The summed E-state index contributed by atoms with van der Waals surface area (Å²) in [6.07, 6.45) is 0. The maximum Gasteiger partial charge on any atom is 0.161 e. The molecule has 12 heavy (non-hydrogen) atoms. The van der Waals surface area contributed by atoms with Crippen LogP contribution in [0.3, 0.4) is 0 Å². The summed E-state index contributed by atoms with van der Waals surface area (Å²) in [5.41, 5.74) is 1.47. The summed E-state index contributed by atoms with van der Waals surface area (Å²) in [6.45, 7) is 1.50. The van der Waals surface area contributed by atoms with Crippen molar-refractivity contribution >= 4 is 23.1 Å². The number of hydrogen-bond acceptors (Lipinski definition) is 2. The van der Waals surface area contributed by atoms with E-state index < -0.39 is 0 Å². The van der Waals surface area contributed by atoms with Gasteiger partial charge >= 0.3 is 0 Å². The van der Waals surface area contributed by atoms with Gasteiger partial charge in [-0.1, -0.05) is 11.6 Å². The smallest absolute Gasteiger partial charge is 0.161 e. The number of hydrogen-bond donors (Lipinski definition) is 1. The van der Waals surface area contributed by atoms with E-state index in [0.29, 0.717) is 10.6 Å². The quantitative estimate of drug-likeness (QED) is 0.715. The Balaban J connectivity index is 3.12. The molecule has 1 aromatic carbocycles. The van der Waals surface area contributed by atoms with Crippen LogP contribution in [0.2, 0.25) is 5.02 Å². The van der Waals surface area contributed by atoms with Crippen LogP contribution >= 0.6 is 11.6 Å². The van der Waals surface area contributed by atoms with Gasteiger partial charge in [0.25, 0.3) is 0 Å². The SMILES string of the molecule is CNc1ccc(C(C)=O)c(Cl)c1. The minimum absolute atomic E-state index is 0.0114. The van der Waals surface area contributed by atoms with Crippen LogP contribution in [0.5, 0.6) is 0 Å². The second-order valence-corrected chi connectivity index (χ2v) is 2.91. The Morgan fingerprint density at radius 3 is 2.58 bits per heavy atom. The van der Waals surface area contributed by atoms with E-state index in [1.165, 1.54) is 6.92 Å². The number of carbonyl (C=O) groups is 1. The lowest BCUT2D eigenvalue weighted by Gasteiger charge is -2.03. The molecule has 0 unspecified atom stereocenters. The molecule has 2 nitrogen and oxygen atoms in total. The highest BCUT2D eigenvalue weighted by Gasteiger charge is 2.04. The van der Waals surface area contributed by atoms with E-state index in [1.54, 1.807) is 19.2 Å². The van der Waals surface area contributed by atoms with Crippen molar-refractivity contribution in [3.63, 3.8) is 0 Å². The molecule has 0 aliphatic rings. The van der Waals surface area contributed by atoms with Crippen molar-refractivity contribution in [1.29, 1.82) is 0 Å². The Morgan fingerprint density at radius 1 is 1.50 bits per heavy atom. The fourth-order valence-electron chi connectivity index (χ4n) is 0.956. The molecule has 0 saturated carbocycles. The molecule has 1 N–H and O–H groups in total. The fourth-order valence-corrected chi connectivity index (χ4v) is 1.27. The van der Waals surface area contributed by atoms with Gasteiger partial charge in [0.2, 0.25) is 0 Å². The number of anilines is 1. The third-order valence-corrected chi connectivity index (χ3v) is 1.95. The number of halogens is 1. The third kappa shape index (κ3) is 1.77. The Bertz CT molecular complexity index is 309. The van der Waals surface area contributed by atoms with Crippen molar-refractivity contribution in [2.24, 2.45) is 0 Å². The van der Waals surface area contributed by atoms with Gasteiger partial charge in [0.05, 0.1) is 5.02 Å². The van der Waals surface area contributed by atoms with Crippen LogP contribution in [0.15, 0.2) is 18.2 Å². The van der Waals surface area contributed by atoms with Crippen LogP contribution in [-0.4, -0.2) is 12.8 Å². The molecule has 0 aliphatic carbocycles. The third-order valence-electron chi connectivity index (χ3n) is 1.64. The lowest BCUT2D eigenvalue weighted by Crippen LogP contribution is -1.95. The number of ketones is 1. The van der Waals surface area contributed by atoms with Gasteiger partial charge in [-0.05, 0) is 25.1 Å². The molecule has 3 heteroatoms. The topological polar surface area (TPSA) is 29.1 Å². The fraction of sp³-hybridized carbons (Fsp3) is 0.222. The zero-order chi connectivity index (χ0) is 9.14. The molecule has 0 bridgehead atoms. The maximum absolute atomic E-state index is 11.0. The highest BCUT2D eigenvalue weighted by molar-refractivity contribution is 6.34. The molecule has 0 aliphatic heterocycles. The summed E-state index contributed by atoms with van der Waals surface area (Å²) in [5.74, 6) is -0.0114. The van der Waals surface area contributed by atoms with Gasteiger partial charge in [0, 0.05) is 18.3 Å². The van der Waals surface area contributed by atoms with Crippen molar-refractivity contribution in [2.75, 3.05) is 12.4 Å². The zero-order valence-electron chi connectivity index (χ0n) is 7.02. The van der Waals surface area contributed by atoms with E-state index in [9.17, 15) is 4.79 Å². The minimum atomic E-state index is -0.0114. The Morgan fingerprint density at radius 2 is 2.17 bits per heavy atom. The standard InChI is InChI=1S/C9H10ClNO/c1-6(12)8-4-3-7(11-2)5-9(8)10/h3-5,11H,1-2H3. The molecule has 1 rings (SSSR count). The minimum Gasteiger partial charge on any atom is -0.388 e. The first-order valence-electron chi connectivity index (χ1n) is 3.63. The molecular formula is C9H10ClNO. The van der Waals surface area contributed by atoms with Crippen LogP contribution < -0.4 is 5.32 Å². The van der Waals surface area contributed by atoms with Gasteiger partial charge < -0.3 is 5.32 Å². The molecule has 0 heterocycles. The summed E-state index contributed by atoms with van der Waals surface area (Å²) >= 11 is 5.84. The van der Waals surface area contributed by atoms with Crippen molar-refractivity contribution in [3.8, 4) is 0 Å². The highest BCUT2D eigenvalue weighted by Crippen LogP contribution is 2.20. The number of benzene rings is 1. The molecule has 0 spiro atoms. The summed E-state index contributed by atoms with van der Waals surface area (Å²) in [6, 6.07) is 5.28. The van der Waals surface area contributed by atoms with Crippen molar-refractivity contribution in [1.82, 2.24) is 0 Å². The van der Waals surface area contributed by atoms with Gasteiger partial charge in [0.1, 0.15) is 0 Å². The van der Waals surface area contributed by atoms with E-state index >= 15 is 0 Å². The Hall–Kier alpha value is -1.02. The summed E-state index contributed by atoms with van der Waals surface area (Å²) in [4.78, 5) is 11.0. The first kappa shape index (κ1) is 9.07. The molecule has 0 radical (unpaired) electrons. The first-order chi connectivity index (χ1) is 5.65. The maximum atomic E-state index is 11.0. The van der Waals surface area contributed by atoms with Crippen LogP contribution in [0.25, 0.3) is 0 Å². The Labute approximate surface area is 76.5 Å². The first-order valence-corrected chi connectivity index (χ1v) is 4.01. The lowest BCUT2D eigenvalue weighted by molar-refractivity contribution is 0.101. The normalized spacial score (nSPS) is 9.58. The predicted molar refractivity (Wildman–Crippen MR) is 51.0 cm³/mol. The molecule has 0 amide bonds. The second-order valence-electron chi connectivity index (χ2n) is 2.50. The highest BCUT2D eigenvalue weighted by atomic mass is 35.5. The van der Waals surface area contributed by atoms with E-state index in [1.807, 2.05) is 6.07 Å². The van der Waals surface area contributed by atoms with Crippen LogP contribution in [0.1, 0.15) is 17.3 Å². The molecule has 64 valence electrons. The van der Waals surface area contributed by atoms with E-state index in [2.05, 4.69) is 5.32 Å². The summed E-state index contributed by atoms with van der Waals surface area (Å²) in [7, 11) is 1.80. The van der Waals surface area contributed by atoms with E-state index in [-0.39, 0.29) is 5.78 Å². The lowest BCUT2D eigenvalue weighted by atomic mass is 10.1. The summed E-state index contributed by atoms with van der Waals surface area (Å²) < 4.78 is 0. The zero-order valence-corrected chi connectivity index (χ0v) is 7.77. The number of Topliss-reactive ketones (excluding diaryl/α,β-unsaturated/α-hetero) is 1. The van der Waals surface area contributed by atoms with Gasteiger partial charge in [-0.3, -0.25) is 4.79 Å². The van der Waals surface area contributed by atoms with E-state index in [4.69, 9.17) is 11.6 Å². The molecule has 0 fully saturated rings. The van der Waals surface area contributed by atoms with Gasteiger partial charge in [0.15, 0.2) is 5.78 Å². The van der Waals surface area contributed by atoms with Crippen molar-refractivity contribution in [3.05, 3.63) is 28.8 Å². The number of rotatable bonds is 2. The van der Waals surface area contributed by atoms with Crippen molar-refractivity contribution < 1.29 is 4.79 Å². The predicted octanol–water partition coefficient (Wildman–Crippen LogP) is 2.58. The molecule has 1 aromatic rings. The van der Waals surface area contributed by atoms with Crippen LogP contribution in [0, 0.1) is 0 Å². The van der Waals surface area contributed by atoms with E-state index in [0.717, 1.165) is 5.69 Å². The molecule has 0 aromatic heterocycles. The molecule has 0 saturated heterocycles. The van der Waals surface area contributed by atoms with Crippen LogP contribution in [-0.2, 0) is 0 Å². The monoisotopic (exact) mass is 183 g/mol. The second kappa shape index (κ2) is 3.59. The van der Waals surface area contributed by atoms with Gasteiger partial charge in [-0.2, -0.15) is 0 Å². The largest absolute Gasteiger partial charge is 0.388 e. The molecular weight excluding hydrogens is 174 g/mol. The van der Waals surface area contributed by atoms with Gasteiger partial charge in [-0.25, -0.2) is 0 Å². The summed E-state index contributed by atoms with van der Waals surface area (Å²) in [5, 5.41) is 3.43.